The summed E-state index contributed by atoms with van der Waals surface area (Å²) in [6, 6.07) is 0. The van der Waals surface area contributed by atoms with Crippen LogP contribution in [0.25, 0.3) is 0 Å². The molecule has 0 aromatic rings. The molecule has 0 fully saturated rings. The van der Waals surface area contributed by atoms with E-state index in [0.29, 0.717) is 0 Å². The van der Waals surface area contributed by atoms with Gasteiger partial charge in [-0.1, -0.05) is 6.58 Å². The standard InChI is InChI=1S/C7H10F4N2O2/c1-3-6(14)15-5-7(2,13(10)11)4-12(8)9/h3H,1,4-5H2,2H3. The summed E-state index contributed by atoms with van der Waals surface area (Å²) in [5, 5.41) is -2.83. The van der Waals surface area contributed by atoms with Crippen LogP contribution in [0.4, 0.5) is 17.9 Å². The predicted octanol–water partition coefficient (Wildman–Crippen LogP) is 1.62. The minimum atomic E-state index is -2.26. The molecule has 1 unspecified atom stereocenters. The molecule has 88 valence electrons. The van der Waals surface area contributed by atoms with Crippen molar-refractivity contribution >= 4 is 5.97 Å². The van der Waals surface area contributed by atoms with Crippen molar-refractivity contribution in [2.75, 3.05) is 13.2 Å². The van der Waals surface area contributed by atoms with Gasteiger partial charge in [-0.3, -0.25) is 0 Å². The average Bonchev–Trinajstić information content (AvgIpc) is 2.12. The van der Waals surface area contributed by atoms with Crippen molar-refractivity contribution in [3.05, 3.63) is 12.7 Å². The first kappa shape index (κ1) is 13.8. The summed E-state index contributed by atoms with van der Waals surface area (Å²) in [6.45, 7) is 1.74. The molecule has 0 rings (SSSR count). The van der Waals surface area contributed by atoms with E-state index in [0.717, 1.165) is 13.0 Å². The Kier molecular flexibility index (Phi) is 5.23. The van der Waals surface area contributed by atoms with Crippen molar-refractivity contribution in [3.8, 4) is 0 Å². The Bertz CT molecular complexity index is 237. The van der Waals surface area contributed by atoms with Gasteiger partial charge in [0.05, 0.1) is 6.54 Å². The largest absolute Gasteiger partial charge is 0.460 e. The fraction of sp³-hybridized carbons (Fsp3) is 0.571. The highest BCUT2D eigenvalue weighted by Gasteiger charge is 2.38. The first-order valence-corrected chi connectivity index (χ1v) is 3.82. The molecule has 0 aromatic carbocycles. The van der Waals surface area contributed by atoms with E-state index in [1.807, 2.05) is 0 Å². The zero-order chi connectivity index (χ0) is 12.1. The maximum Gasteiger partial charge on any atom is 0.330 e. The first-order valence-electron chi connectivity index (χ1n) is 3.82. The molecule has 0 aliphatic heterocycles. The van der Waals surface area contributed by atoms with Crippen molar-refractivity contribution in [1.82, 2.24) is 10.7 Å². The lowest BCUT2D eigenvalue weighted by Gasteiger charge is -2.27. The first-order chi connectivity index (χ1) is 6.81. The molecule has 0 N–H and O–H groups in total. The van der Waals surface area contributed by atoms with Gasteiger partial charge in [-0.15, -0.1) is 17.9 Å². The van der Waals surface area contributed by atoms with Gasteiger partial charge in [0, 0.05) is 16.8 Å². The molecule has 15 heavy (non-hydrogen) atoms. The molecule has 8 heteroatoms. The maximum absolute atomic E-state index is 12.3. The lowest BCUT2D eigenvalue weighted by molar-refractivity contribution is -0.273. The van der Waals surface area contributed by atoms with Crippen LogP contribution >= 0.6 is 0 Å². The van der Waals surface area contributed by atoms with Crippen LogP contribution in [-0.2, 0) is 9.53 Å². The lowest BCUT2D eigenvalue weighted by Crippen LogP contribution is -2.48. The zero-order valence-electron chi connectivity index (χ0n) is 7.92. The number of halogens is 4. The second-order valence-corrected chi connectivity index (χ2v) is 3.00. The molecule has 0 aliphatic rings. The third-order valence-corrected chi connectivity index (χ3v) is 1.56. The predicted molar refractivity (Wildman–Crippen MR) is 42.5 cm³/mol. The van der Waals surface area contributed by atoms with Crippen LogP contribution in [0.15, 0.2) is 12.7 Å². The van der Waals surface area contributed by atoms with E-state index in [-0.39, 0.29) is 0 Å². The summed E-state index contributed by atoms with van der Waals surface area (Å²) < 4.78 is 52.4. The monoisotopic (exact) mass is 230 g/mol. The molecule has 0 bridgehead atoms. The lowest BCUT2D eigenvalue weighted by atomic mass is 10.1. The quantitative estimate of drug-likeness (QED) is 0.300. The van der Waals surface area contributed by atoms with Gasteiger partial charge in [0.25, 0.3) is 0 Å². The van der Waals surface area contributed by atoms with Crippen LogP contribution in [-0.4, -0.2) is 35.3 Å². The van der Waals surface area contributed by atoms with E-state index in [9.17, 15) is 22.7 Å². The summed E-state index contributed by atoms with van der Waals surface area (Å²) in [5.74, 6) is -0.952. The topological polar surface area (TPSA) is 32.8 Å². The van der Waals surface area contributed by atoms with E-state index in [4.69, 9.17) is 0 Å². The van der Waals surface area contributed by atoms with Crippen molar-refractivity contribution < 1.29 is 27.5 Å². The Morgan fingerprint density at radius 2 is 2.00 bits per heavy atom. The normalized spacial score (nSPS) is 15.1. The molecule has 0 radical (unpaired) electrons. The number of carbonyl (C=O) groups is 1. The van der Waals surface area contributed by atoms with E-state index in [2.05, 4.69) is 11.3 Å². The Morgan fingerprint density at radius 1 is 1.47 bits per heavy atom. The number of ether oxygens (including phenoxy) is 1. The smallest absolute Gasteiger partial charge is 0.330 e. The van der Waals surface area contributed by atoms with Crippen molar-refractivity contribution in [2.45, 2.75) is 12.5 Å². The molecular weight excluding hydrogens is 220 g/mol. The second-order valence-electron chi connectivity index (χ2n) is 3.00. The molecule has 0 spiro atoms. The number of carbonyl (C=O) groups excluding carboxylic acids is 1. The number of esters is 1. The summed E-state index contributed by atoms with van der Waals surface area (Å²) in [5.41, 5.74) is -2.26. The second kappa shape index (κ2) is 5.66. The molecule has 4 nitrogen and oxygen atoms in total. The third-order valence-electron chi connectivity index (χ3n) is 1.56. The van der Waals surface area contributed by atoms with Gasteiger partial charge in [-0.25, -0.2) is 4.79 Å². The summed E-state index contributed by atoms with van der Waals surface area (Å²) in [4.78, 5) is 10.6. The van der Waals surface area contributed by atoms with Crippen molar-refractivity contribution in [2.24, 2.45) is 0 Å². The molecule has 0 aliphatic carbocycles. The number of nitrogens with zero attached hydrogens (tertiary/aromatic N) is 2. The molecule has 1 atom stereocenters. The van der Waals surface area contributed by atoms with E-state index < -0.39 is 35.3 Å². The highest BCUT2D eigenvalue weighted by atomic mass is 19.4. The SMILES string of the molecule is C=CC(=O)OCC(C)(CN(F)F)N(F)F. The van der Waals surface area contributed by atoms with Crippen LogP contribution in [0.1, 0.15) is 6.92 Å². The van der Waals surface area contributed by atoms with Gasteiger partial charge in [0.1, 0.15) is 12.1 Å². The Morgan fingerprint density at radius 3 is 2.33 bits per heavy atom. The molecule has 0 aromatic heterocycles. The van der Waals surface area contributed by atoms with Gasteiger partial charge < -0.3 is 4.74 Å². The summed E-state index contributed by atoms with van der Waals surface area (Å²) >= 11 is 0. The fourth-order valence-corrected chi connectivity index (χ4v) is 0.691. The average molecular weight is 230 g/mol. The summed E-state index contributed by atoms with van der Waals surface area (Å²) in [7, 11) is 0. The molecular formula is C7H10F4N2O2. The Labute approximate surface area is 83.4 Å². The van der Waals surface area contributed by atoms with Gasteiger partial charge >= 0.3 is 5.97 Å². The van der Waals surface area contributed by atoms with Gasteiger partial charge in [0.2, 0.25) is 0 Å². The van der Waals surface area contributed by atoms with E-state index >= 15 is 0 Å². The number of hydrogen-bond acceptors (Lipinski definition) is 4. The number of rotatable bonds is 6. The minimum absolute atomic E-state index is 0.754. The molecule has 0 heterocycles. The van der Waals surface area contributed by atoms with Crippen LogP contribution in [0.2, 0.25) is 0 Å². The highest BCUT2D eigenvalue weighted by Crippen LogP contribution is 2.19. The number of hydrogen-bond donors (Lipinski definition) is 0. The van der Waals surface area contributed by atoms with Crippen LogP contribution < -0.4 is 0 Å². The van der Waals surface area contributed by atoms with Crippen LogP contribution in [0.5, 0.6) is 0 Å². The van der Waals surface area contributed by atoms with E-state index in [1.165, 1.54) is 0 Å². The van der Waals surface area contributed by atoms with Gasteiger partial charge in [0.15, 0.2) is 0 Å². The van der Waals surface area contributed by atoms with Crippen LogP contribution in [0, 0.1) is 0 Å². The van der Waals surface area contributed by atoms with Crippen molar-refractivity contribution in [3.63, 3.8) is 0 Å². The van der Waals surface area contributed by atoms with E-state index in [1.54, 1.807) is 0 Å². The Balaban J connectivity index is 4.38. The fourth-order valence-electron chi connectivity index (χ4n) is 0.691. The van der Waals surface area contributed by atoms with Crippen LogP contribution in [0.3, 0.4) is 0 Å². The zero-order valence-corrected chi connectivity index (χ0v) is 7.92. The highest BCUT2D eigenvalue weighted by molar-refractivity contribution is 5.81. The van der Waals surface area contributed by atoms with Gasteiger partial charge in [-0.05, 0) is 6.92 Å². The van der Waals surface area contributed by atoms with Crippen molar-refractivity contribution in [1.29, 1.82) is 0 Å². The maximum atomic E-state index is 12.3. The third kappa shape index (κ3) is 4.75. The Hall–Kier alpha value is -1.15. The summed E-state index contributed by atoms with van der Waals surface area (Å²) in [6.07, 6.45) is 0.754. The minimum Gasteiger partial charge on any atom is -0.460 e. The molecule has 0 saturated heterocycles. The molecule has 0 amide bonds. The molecule has 0 saturated carbocycles. The van der Waals surface area contributed by atoms with Gasteiger partial charge in [-0.2, -0.15) is 0 Å².